The molecule has 16 heavy (non-hydrogen) atoms. The summed E-state index contributed by atoms with van der Waals surface area (Å²) in [4.78, 5) is 0. The fourth-order valence-electron chi connectivity index (χ4n) is 2.17. The van der Waals surface area contributed by atoms with Crippen LogP contribution in [-0.4, -0.2) is 33.6 Å². The maximum absolute atomic E-state index is 10.8. The summed E-state index contributed by atoms with van der Waals surface area (Å²) in [7, 11) is 0. The number of epoxide rings is 1. The molecule has 0 saturated carbocycles. The van der Waals surface area contributed by atoms with Crippen molar-refractivity contribution in [2.24, 2.45) is 5.41 Å². The van der Waals surface area contributed by atoms with Crippen molar-refractivity contribution < 1.29 is 14.9 Å². The van der Waals surface area contributed by atoms with Gasteiger partial charge in [-0.2, -0.15) is 0 Å². The first kappa shape index (κ1) is 13.7. The molecule has 94 valence electrons. The second kappa shape index (κ2) is 3.83. The first-order chi connectivity index (χ1) is 7.04. The van der Waals surface area contributed by atoms with Crippen molar-refractivity contribution in [3.63, 3.8) is 0 Å². The van der Waals surface area contributed by atoms with Crippen LogP contribution in [0.4, 0.5) is 0 Å². The lowest BCUT2D eigenvalue weighted by Gasteiger charge is -2.41. The van der Waals surface area contributed by atoms with Gasteiger partial charge in [0.05, 0.1) is 12.2 Å². The Bertz CT molecular complexity index is 290. The molecule has 3 nitrogen and oxygen atoms in total. The van der Waals surface area contributed by atoms with Gasteiger partial charge in [0.25, 0.3) is 0 Å². The van der Waals surface area contributed by atoms with Crippen molar-refractivity contribution in [1.82, 2.24) is 0 Å². The molecular weight excluding hydrogens is 204 g/mol. The number of aliphatic hydroxyl groups is 2. The molecule has 1 fully saturated rings. The van der Waals surface area contributed by atoms with E-state index in [1.54, 1.807) is 19.1 Å². The molecule has 1 rings (SSSR count). The molecule has 1 heterocycles. The second-order valence-corrected chi connectivity index (χ2v) is 5.98. The Balaban J connectivity index is 3.05. The summed E-state index contributed by atoms with van der Waals surface area (Å²) in [5, 5.41) is 20.1. The molecule has 3 heteroatoms. The van der Waals surface area contributed by atoms with Crippen LogP contribution in [0.2, 0.25) is 0 Å². The van der Waals surface area contributed by atoms with Crippen molar-refractivity contribution in [2.45, 2.75) is 65.0 Å². The van der Waals surface area contributed by atoms with Gasteiger partial charge in [0.1, 0.15) is 11.2 Å². The molecule has 2 N–H and O–H groups in total. The van der Waals surface area contributed by atoms with Gasteiger partial charge in [-0.25, -0.2) is 0 Å². The standard InChI is InChI=1S/C13H24O3/c1-9(14)7-8-13(15,11(3,4)5)12(6)10(2)16-12/h7-10,14-15H,1-6H3/b8-7-/t9-,10?,12?,13?/m1/s1. The van der Waals surface area contributed by atoms with Crippen LogP contribution in [0.15, 0.2) is 12.2 Å². The van der Waals surface area contributed by atoms with Crippen molar-refractivity contribution in [2.75, 3.05) is 0 Å². The molecule has 1 aliphatic heterocycles. The number of rotatable bonds is 3. The monoisotopic (exact) mass is 228 g/mol. The molecule has 0 aromatic heterocycles. The van der Waals surface area contributed by atoms with Crippen LogP contribution in [0.5, 0.6) is 0 Å². The van der Waals surface area contributed by atoms with E-state index in [4.69, 9.17) is 4.74 Å². The summed E-state index contributed by atoms with van der Waals surface area (Å²) < 4.78 is 5.55. The summed E-state index contributed by atoms with van der Waals surface area (Å²) in [6.45, 7) is 11.4. The highest BCUT2D eigenvalue weighted by Crippen LogP contribution is 2.53. The molecule has 0 bridgehead atoms. The van der Waals surface area contributed by atoms with E-state index in [0.717, 1.165) is 0 Å². The lowest BCUT2D eigenvalue weighted by Crippen LogP contribution is -2.53. The Morgan fingerprint density at radius 2 is 1.81 bits per heavy atom. The van der Waals surface area contributed by atoms with Gasteiger partial charge < -0.3 is 14.9 Å². The van der Waals surface area contributed by atoms with E-state index in [1.807, 2.05) is 34.6 Å². The van der Waals surface area contributed by atoms with Crippen LogP contribution >= 0.6 is 0 Å². The summed E-state index contributed by atoms with van der Waals surface area (Å²) in [5.74, 6) is 0. The highest BCUT2D eigenvalue weighted by atomic mass is 16.6. The Labute approximate surface area is 98.1 Å². The highest BCUT2D eigenvalue weighted by Gasteiger charge is 2.66. The van der Waals surface area contributed by atoms with Gasteiger partial charge in [-0.05, 0) is 26.2 Å². The Kier molecular flexibility index (Phi) is 3.27. The molecule has 1 aliphatic rings. The molecule has 0 aromatic rings. The van der Waals surface area contributed by atoms with Crippen LogP contribution in [0, 0.1) is 5.41 Å². The minimum atomic E-state index is -1.07. The fourth-order valence-corrected chi connectivity index (χ4v) is 2.17. The minimum absolute atomic E-state index is 0.0374. The number of ether oxygens (including phenoxy) is 1. The zero-order valence-corrected chi connectivity index (χ0v) is 11.1. The Hall–Kier alpha value is -0.380. The smallest absolute Gasteiger partial charge is 0.124 e. The first-order valence-electron chi connectivity index (χ1n) is 5.82. The van der Waals surface area contributed by atoms with Crippen molar-refractivity contribution in [3.05, 3.63) is 12.2 Å². The van der Waals surface area contributed by atoms with Gasteiger partial charge in [0.2, 0.25) is 0 Å². The largest absolute Gasteiger partial charge is 0.389 e. The summed E-state index contributed by atoms with van der Waals surface area (Å²) in [6.07, 6.45) is 2.77. The Morgan fingerprint density at radius 1 is 1.38 bits per heavy atom. The molecule has 0 amide bonds. The van der Waals surface area contributed by atoms with Gasteiger partial charge in [0.15, 0.2) is 0 Å². The van der Waals surface area contributed by atoms with Crippen LogP contribution in [0.25, 0.3) is 0 Å². The molecule has 3 unspecified atom stereocenters. The van der Waals surface area contributed by atoms with E-state index in [2.05, 4.69) is 0 Å². The fraction of sp³-hybridized carbons (Fsp3) is 0.846. The third-order valence-electron chi connectivity index (χ3n) is 3.66. The van der Waals surface area contributed by atoms with Gasteiger partial charge in [0, 0.05) is 0 Å². The highest BCUT2D eigenvalue weighted by molar-refractivity contribution is 5.24. The second-order valence-electron chi connectivity index (χ2n) is 5.98. The van der Waals surface area contributed by atoms with E-state index in [9.17, 15) is 10.2 Å². The molecular formula is C13H24O3. The molecule has 0 aromatic carbocycles. The van der Waals surface area contributed by atoms with Crippen LogP contribution in [-0.2, 0) is 4.74 Å². The lowest BCUT2D eigenvalue weighted by atomic mass is 9.68. The average Bonchev–Trinajstić information content (AvgIpc) is 2.70. The normalized spacial score (nSPS) is 36.1. The SMILES string of the molecule is CC1OC1(C)C(O)(/C=C\[C@@H](C)O)C(C)(C)C. The third kappa shape index (κ3) is 2.04. The zero-order chi connectivity index (χ0) is 12.8. The third-order valence-corrected chi connectivity index (χ3v) is 3.66. The van der Waals surface area contributed by atoms with E-state index < -0.39 is 17.3 Å². The van der Waals surface area contributed by atoms with Crippen molar-refractivity contribution in [1.29, 1.82) is 0 Å². The maximum atomic E-state index is 10.8. The van der Waals surface area contributed by atoms with Gasteiger partial charge in [-0.15, -0.1) is 0 Å². The summed E-state index contributed by atoms with van der Waals surface area (Å²) in [5.41, 5.74) is -1.98. The number of hydrogen-bond donors (Lipinski definition) is 2. The van der Waals surface area contributed by atoms with Crippen molar-refractivity contribution in [3.8, 4) is 0 Å². The van der Waals surface area contributed by atoms with E-state index in [1.165, 1.54) is 0 Å². The van der Waals surface area contributed by atoms with E-state index in [0.29, 0.717) is 0 Å². The van der Waals surface area contributed by atoms with Crippen LogP contribution in [0.3, 0.4) is 0 Å². The molecule has 0 radical (unpaired) electrons. The topological polar surface area (TPSA) is 53.0 Å². The minimum Gasteiger partial charge on any atom is -0.389 e. The molecule has 0 spiro atoms. The average molecular weight is 228 g/mol. The maximum Gasteiger partial charge on any atom is 0.124 e. The zero-order valence-electron chi connectivity index (χ0n) is 11.1. The van der Waals surface area contributed by atoms with Crippen LogP contribution < -0.4 is 0 Å². The molecule has 4 atom stereocenters. The van der Waals surface area contributed by atoms with Gasteiger partial charge in [-0.1, -0.05) is 32.9 Å². The number of hydrogen-bond acceptors (Lipinski definition) is 3. The van der Waals surface area contributed by atoms with Gasteiger partial charge >= 0.3 is 0 Å². The lowest BCUT2D eigenvalue weighted by molar-refractivity contribution is -0.0717. The summed E-state index contributed by atoms with van der Waals surface area (Å²) in [6, 6.07) is 0. The quantitative estimate of drug-likeness (QED) is 0.573. The predicted molar refractivity (Wildman–Crippen MR) is 64.2 cm³/mol. The predicted octanol–water partition coefficient (Wildman–Crippen LogP) is 1.88. The molecule has 0 aliphatic carbocycles. The molecule has 1 saturated heterocycles. The van der Waals surface area contributed by atoms with Crippen molar-refractivity contribution >= 4 is 0 Å². The summed E-state index contributed by atoms with van der Waals surface area (Å²) >= 11 is 0. The van der Waals surface area contributed by atoms with Crippen LogP contribution in [0.1, 0.15) is 41.5 Å². The van der Waals surface area contributed by atoms with E-state index in [-0.39, 0.29) is 11.5 Å². The first-order valence-corrected chi connectivity index (χ1v) is 5.82. The van der Waals surface area contributed by atoms with E-state index >= 15 is 0 Å². The van der Waals surface area contributed by atoms with Gasteiger partial charge in [-0.3, -0.25) is 0 Å². The Morgan fingerprint density at radius 3 is 2.06 bits per heavy atom. The number of aliphatic hydroxyl groups excluding tert-OH is 1.